The first kappa shape index (κ1) is 21.8. The van der Waals surface area contributed by atoms with Crippen molar-refractivity contribution in [3.05, 3.63) is 15.3 Å². The lowest BCUT2D eigenvalue weighted by Crippen LogP contribution is -2.52. The highest BCUT2D eigenvalue weighted by Gasteiger charge is 2.44. The Labute approximate surface area is 177 Å². The first-order valence-electron chi connectivity index (χ1n) is 9.03. The highest BCUT2D eigenvalue weighted by Crippen LogP contribution is 2.33. The van der Waals surface area contributed by atoms with Gasteiger partial charge in [-0.25, -0.2) is 18.0 Å². The van der Waals surface area contributed by atoms with Crippen molar-refractivity contribution < 1.29 is 32.3 Å². The lowest BCUT2D eigenvalue weighted by Gasteiger charge is -2.37. The van der Waals surface area contributed by atoms with Crippen molar-refractivity contribution >= 4 is 50.7 Å². The lowest BCUT2D eigenvalue weighted by molar-refractivity contribution is -0.148. The van der Waals surface area contributed by atoms with Crippen LogP contribution in [0.3, 0.4) is 0 Å². The molecule has 2 saturated heterocycles. The smallest absolute Gasteiger partial charge is 0.410 e. The van der Waals surface area contributed by atoms with Gasteiger partial charge in [0.1, 0.15) is 11.5 Å². The van der Waals surface area contributed by atoms with Crippen molar-refractivity contribution in [1.82, 2.24) is 9.80 Å². The third kappa shape index (κ3) is 4.36. The molecule has 2 fully saturated rings. The molecule has 1 unspecified atom stereocenters. The number of nitrogens with zero attached hydrogens (tertiary/aromatic N) is 2. The van der Waals surface area contributed by atoms with E-state index in [0.29, 0.717) is 25.9 Å². The number of carbonyl (C=O) groups is 3. The predicted octanol–water partition coefficient (Wildman–Crippen LogP) is 1.79. The van der Waals surface area contributed by atoms with Gasteiger partial charge in [-0.3, -0.25) is 9.69 Å². The number of likely N-dealkylation sites (tertiary alicyclic amines) is 1. The van der Waals surface area contributed by atoms with Crippen molar-refractivity contribution in [2.45, 2.75) is 36.7 Å². The zero-order valence-corrected chi connectivity index (χ0v) is 18.3. The Hall–Kier alpha value is -1.85. The molecule has 0 radical (unpaired) electrons. The molecule has 3 rings (SSSR count). The molecule has 0 spiro atoms. The van der Waals surface area contributed by atoms with E-state index in [-0.39, 0.29) is 40.0 Å². The highest BCUT2D eigenvalue weighted by atomic mass is 35.5. The number of hydrogen-bond acceptors (Lipinski definition) is 8. The van der Waals surface area contributed by atoms with Crippen molar-refractivity contribution in [1.29, 1.82) is 0 Å². The average Bonchev–Trinajstić information content (AvgIpc) is 3.24. The number of piperidine rings is 1. The summed E-state index contributed by atoms with van der Waals surface area (Å²) in [5.41, 5.74) is 0. The first-order chi connectivity index (χ1) is 13.6. The van der Waals surface area contributed by atoms with E-state index in [4.69, 9.17) is 21.1 Å². The molecule has 1 atom stereocenters. The Morgan fingerprint density at radius 1 is 1.34 bits per heavy atom. The minimum atomic E-state index is -3.52. The van der Waals surface area contributed by atoms with Crippen LogP contribution in [-0.4, -0.2) is 80.8 Å². The van der Waals surface area contributed by atoms with Crippen molar-refractivity contribution in [2.75, 3.05) is 32.6 Å². The predicted molar refractivity (Wildman–Crippen MR) is 105 cm³/mol. The fourth-order valence-electron chi connectivity index (χ4n) is 3.47. The van der Waals surface area contributed by atoms with Crippen LogP contribution in [0.1, 0.15) is 29.4 Å². The van der Waals surface area contributed by atoms with Gasteiger partial charge in [0, 0.05) is 30.8 Å². The SMILES string of the molecule is CCOC(=O)C1COC(=O)N1C1CCN(C(=O)c2scc(S(C)(=O)=O)c2Cl)CC1. The van der Waals surface area contributed by atoms with Gasteiger partial charge in [0.15, 0.2) is 15.9 Å². The van der Waals surface area contributed by atoms with Gasteiger partial charge < -0.3 is 14.4 Å². The number of amides is 2. The van der Waals surface area contributed by atoms with Crippen LogP contribution in [0, 0.1) is 0 Å². The summed E-state index contributed by atoms with van der Waals surface area (Å²) < 4.78 is 33.5. The number of carbonyl (C=O) groups excluding carboxylic acids is 3. The topological polar surface area (TPSA) is 110 Å². The zero-order chi connectivity index (χ0) is 21.3. The van der Waals surface area contributed by atoms with Crippen LogP contribution in [0.15, 0.2) is 10.3 Å². The van der Waals surface area contributed by atoms with Gasteiger partial charge >= 0.3 is 12.1 Å². The summed E-state index contributed by atoms with van der Waals surface area (Å²) >= 11 is 7.11. The Morgan fingerprint density at radius 3 is 2.55 bits per heavy atom. The maximum atomic E-state index is 12.8. The Balaban J connectivity index is 1.67. The van der Waals surface area contributed by atoms with Gasteiger partial charge in [-0.2, -0.15) is 0 Å². The zero-order valence-electron chi connectivity index (χ0n) is 15.9. The molecular weight excluding hydrogens is 444 g/mol. The molecule has 160 valence electrons. The fourth-order valence-corrected chi connectivity index (χ4v) is 6.34. The molecule has 0 N–H and O–H groups in total. The number of hydrogen-bond donors (Lipinski definition) is 0. The van der Waals surface area contributed by atoms with Gasteiger partial charge in [-0.1, -0.05) is 11.6 Å². The number of sulfone groups is 1. The van der Waals surface area contributed by atoms with E-state index in [9.17, 15) is 22.8 Å². The fraction of sp³-hybridized carbons (Fsp3) is 0.588. The van der Waals surface area contributed by atoms with Crippen LogP contribution in [0.2, 0.25) is 5.02 Å². The van der Waals surface area contributed by atoms with Crippen molar-refractivity contribution in [2.24, 2.45) is 0 Å². The van der Waals surface area contributed by atoms with Crippen LogP contribution < -0.4 is 0 Å². The van der Waals surface area contributed by atoms with Gasteiger partial charge in [0.2, 0.25) is 0 Å². The Kier molecular flexibility index (Phi) is 6.39. The minimum absolute atomic E-state index is 0.0458. The molecule has 0 bridgehead atoms. The monoisotopic (exact) mass is 464 g/mol. The molecule has 0 aliphatic carbocycles. The normalized spacial score (nSPS) is 20.7. The number of halogens is 1. The summed E-state index contributed by atoms with van der Waals surface area (Å²) in [5, 5.41) is 1.30. The summed E-state index contributed by atoms with van der Waals surface area (Å²) in [4.78, 5) is 40.1. The number of thiophene rings is 1. The lowest BCUT2D eigenvalue weighted by atomic mass is 10.0. The van der Waals surface area contributed by atoms with Crippen LogP contribution >= 0.6 is 22.9 Å². The second-order valence-corrected chi connectivity index (χ2v) is 10.0. The van der Waals surface area contributed by atoms with E-state index in [2.05, 4.69) is 0 Å². The van der Waals surface area contributed by atoms with E-state index in [0.717, 1.165) is 17.6 Å². The molecule has 3 heterocycles. The standard InChI is InChI=1S/C17H21ClN2O7S2/c1-3-26-16(22)11-8-27-17(23)20(11)10-4-6-19(7-5-10)15(21)14-13(18)12(9-28-14)29(2,24)25/h9-11H,3-8H2,1-2H3. The van der Waals surface area contributed by atoms with Gasteiger partial charge in [0.05, 0.1) is 16.5 Å². The summed E-state index contributed by atoms with van der Waals surface area (Å²) in [6.45, 7) is 2.53. The van der Waals surface area contributed by atoms with E-state index >= 15 is 0 Å². The van der Waals surface area contributed by atoms with Crippen LogP contribution in [0.5, 0.6) is 0 Å². The second kappa shape index (κ2) is 8.49. The molecule has 0 saturated carbocycles. The average molecular weight is 465 g/mol. The Morgan fingerprint density at radius 2 is 2.00 bits per heavy atom. The van der Waals surface area contributed by atoms with E-state index in [1.807, 2.05) is 0 Å². The van der Waals surface area contributed by atoms with Crippen LogP contribution in [-0.2, 0) is 24.1 Å². The summed E-state index contributed by atoms with van der Waals surface area (Å²) in [7, 11) is -3.52. The molecule has 1 aromatic rings. The summed E-state index contributed by atoms with van der Waals surface area (Å²) in [5.74, 6) is -0.852. The second-order valence-electron chi connectivity index (χ2n) is 6.79. The number of esters is 1. The van der Waals surface area contributed by atoms with Crippen molar-refractivity contribution in [3.8, 4) is 0 Å². The van der Waals surface area contributed by atoms with E-state index in [1.165, 1.54) is 10.3 Å². The Bertz CT molecular complexity index is 922. The molecule has 1 aromatic heterocycles. The molecule has 2 aliphatic rings. The third-order valence-corrected chi connectivity index (χ3v) is 7.76. The maximum absolute atomic E-state index is 12.8. The summed E-state index contributed by atoms with van der Waals surface area (Å²) in [6.07, 6.45) is 1.39. The number of rotatable bonds is 5. The van der Waals surface area contributed by atoms with E-state index in [1.54, 1.807) is 11.8 Å². The summed E-state index contributed by atoms with van der Waals surface area (Å²) in [6, 6.07) is -1.03. The van der Waals surface area contributed by atoms with Gasteiger partial charge in [-0.15, -0.1) is 11.3 Å². The number of ether oxygens (including phenoxy) is 2. The van der Waals surface area contributed by atoms with Gasteiger partial charge in [-0.05, 0) is 19.8 Å². The molecule has 2 aliphatic heterocycles. The van der Waals surface area contributed by atoms with Crippen LogP contribution in [0.25, 0.3) is 0 Å². The first-order valence-corrected chi connectivity index (χ1v) is 12.2. The largest absolute Gasteiger partial charge is 0.464 e. The molecular formula is C17H21ClN2O7S2. The highest BCUT2D eigenvalue weighted by molar-refractivity contribution is 7.91. The van der Waals surface area contributed by atoms with E-state index < -0.39 is 27.9 Å². The van der Waals surface area contributed by atoms with Crippen molar-refractivity contribution in [3.63, 3.8) is 0 Å². The number of cyclic esters (lactones) is 1. The quantitative estimate of drug-likeness (QED) is 0.611. The van der Waals surface area contributed by atoms with Gasteiger partial charge in [0.25, 0.3) is 5.91 Å². The third-order valence-electron chi connectivity index (χ3n) is 4.91. The molecule has 9 nitrogen and oxygen atoms in total. The molecule has 2 amide bonds. The molecule has 29 heavy (non-hydrogen) atoms. The van der Waals surface area contributed by atoms with Crippen LogP contribution in [0.4, 0.5) is 4.79 Å². The molecule has 0 aromatic carbocycles. The minimum Gasteiger partial charge on any atom is -0.464 e. The molecule has 12 heteroatoms. The maximum Gasteiger partial charge on any atom is 0.410 e.